The molecular formula is C34H41Cl2N3O7S. The molecule has 2 amide bonds. The average Bonchev–Trinajstić information content (AvgIpc) is 3.07. The lowest BCUT2D eigenvalue weighted by Crippen LogP contribution is -2.54. The van der Waals surface area contributed by atoms with Crippen molar-refractivity contribution >= 4 is 50.7 Å². The minimum Gasteiger partial charge on any atom is -0.495 e. The van der Waals surface area contributed by atoms with Gasteiger partial charge in [0.1, 0.15) is 18.3 Å². The van der Waals surface area contributed by atoms with Crippen LogP contribution in [0.5, 0.6) is 17.2 Å². The molecule has 1 aliphatic rings. The molecule has 0 radical (unpaired) electrons. The highest BCUT2D eigenvalue weighted by atomic mass is 35.5. The Labute approximate surface area is 286 Å². The topological polar surface area (TPSA) is 114 Å². The Morgan fingerprint density at radius 1 is 0.894 bits per heavy atom. The number of sulfonamides is 1. The van der Waals surface area contributed by atoms with Gasteiger partial charge in [-0.25, -0.2) is 8.42 Å². The third-order valence-electron chi connectivity index (χ3n) is 8.27. The summed E-state index contributed by atoms with van der Waals surface area (Å²) in [6.45, 7) is 1.12. The maximum Gasteiger partial charge on any atom is 0.265 e. The van der Waals surface area contributed by atoms with Crippen molar-refractivity contribution in [2.75, 3.05) is 32.2 Å². The molecule has 1 saturated carbocycles. The number of hydrogen-bond donors (Lipinski definition) is 1. The fourth-order valence-corrected chi connectivity index (χ4v) is 7.54. The SMILES string of the molecule is CC[C@@H](C(=O)NC1CCCCC1)N(Cc1ccccc1Cl)C(=O)CN(c1cc(Cl)ccc1OC)S(=O)(=O)c1ccc(OC)c(OC)c1. The normalized spacial score (nSPS) is 14.2. The second kappa shape index (κ2) is 16.4. The lowest BCUT2D eigenvalue weighted by Gasteiger charge is -2.35. The number of anilines is 1. The summed E-state index contributed by atoms with van der Waals surface area (Å²) < 4.78 is 46.0. The Hall–Kier alpha value is -3.67. The summed E-state index contributed by atoms with van der Waals surface area (Å²) >= 11 is 12.9. The first kappa shape index (κ1) is 36.2. The Balaban J connectivity index is 1.80. The van der Waals surface area contributed by atoms with Crippen LogP contribution in [-0.2, 0) is 26.2 Å². The fraction of sp³-hybridized carbons (Fsp3) is 0.412. The maximum absolute atomic E-state index is 14.5. The average molecular weight is 707 g/mol. The van der Waals surface area contributed by atoms with Crippen molar-refractivity contribution in [2.24, 2.45) is 0 Å². The Kier molecular flexibility index (Phi) is 12.6. The van der Waals surface area contributed by atoms with Crippen LogP contribution >= 0.6 is 23.2 Å². The molecule has 13 heteroatoms. The molecule has 0 aromatic heterocycles. The van der Waals surface area contributed by atoms with Crippen LogP contribution in [0.1, 0.15) is 51.0 Å². The number of rotatable bonds is 14. The highest BCUT2D eigenvalue weighted by Gasteiger charge is 2.36. The molecule has 0 aliphatic heterocycles. The number of nitrogens with one attached hydrogen (secondary N) is 1. The van der Waals surface area contributed by atoms with Gasteiger partial charge in [-0.3, -0.25) is 13.9 Å². The first-order valence-corrected chi connectivity index (χ1v) is 17.6. The van der Waals surface area contributed by atoms with Crippen LogP contribution in [0.2, 0.25) is 10.0 Å². The zero-order chi connectivity index (χ0) is 34.1. The van der Waals surface area contributed by atoms with Gasteiger partial charge in [0.2, 0.25) is 11.8 Å². The van der Waals surface area contributed by atoms with Crippen molar-refractivity contribution in [3.05, 3.63) is 76.3 Å². The number of halogens is 2. The summed E-state index contributed by atoms with van der Waals surface area (Å²) in [4.78, 5) is 29.5. The van der Waals surface area contributed by atoms with Gasteiger partial charge in [-0.2, -0.15) is 0 Å². The molecule has 0 spiro atoms. The van der Waals surface area contributed by atoms with Gasteiger partial charge in [0, 0.05) is 28.7 Å². The smallest absolute Gasteiger partial charge is 0.265 e. The number of methoxy groups -OCH3 is 3. The molecular weight excluding hydrogens is 665 g/mol. The van der Waals surface area contributed by atoms with Gasteiger partial charge >= 0.3 is 0 Å². The van der Waals surface area contributed by atoms with Gasteiger partial charge in [-0.15, -0.1) is 0 Å². The van der Waals surface area contributed by atoms with Crippen molar-refractivity contribution in [2.45, 2.75) is 69.0 Å². The summed E-state index contributed by atoms with van der Waals surface area (Å²) in [5.41, 5.74) is 0.654. The molecule has 0 unspecified atom stereocenters. The predicted molar refractivity (Wildman–Crippen MR) is 183 cm³/mol. The molecule has 1 atom stereocenters. The van der Waals surface area contributed by atoms with Gasteiger partial charge in [0.05, 0.1) is 31.9 Å². The van der Waals surface area contributed by atoms with E-state index in [1.54, 1.807) is 30.3 Å². The van der Waals surface area contributed by atoms with E-state index >= 15 is 0 Å². The van der Waals surface area contributed by atoms with E-state index in [2.05, 4.69) is 5.32 Å². The second-order valence-corrected chi connectivity index (χ2v) is 13.9. The van der Waals surface area contributed by atoms with Gasteiger partial charge in [-0.1, -0.05) is 67.6 Å². The quantitative estimate of drug-likeness (QED) is 0.204. The molecule has 1 fully saturated rings. The summed E-state index contributed by atoms with van der Waals surface area (Å²) in [5.74, 6) is -0.235. The second-order valence-electron chi connectivity index (χ2n) is 11.2. The van der Waals surface area contributed by atoms with E-state index in [9.17, 15) is 18.0 Å². The highest BCUT2D eigenvalue weighted by Crippen LogP contribution is 2.37. The molecule has 0 bridgehead atoms. The number of carbonyl (C=O) groups excluding carboxylic acids is 2. The van der Waals surface area contributed by atoms with Crippen molar-refractivity contribution in [1.29, 1.82) is 0 Å². The van der Waals surface area contributed by atoms with E-state index in [4.69, 9.17) is 37.4 Å². The van der Waals surface area contributed by atoms with E-state index < -0.39 is 28.5 Å². The predicted octanol–water partition coefficient (Wildman–Crippen LogP) is 6.47. The number of hydrogen-bond acceptors (Lipinski definition) is 7. The Morgan fingerprint density at radius 2 is 1.55 bits per heavy atom. The van der Waals surface area contributed by atoms with E-state index in [0.29, 0.717) is 16.3 Å². The molecule has 47 heavy (non-hydrogen) atoms. The van der Waals surface area contributed by atoms with Crippen LogP contribution in [0.15, 0.2) is 65.6 Å². The van der Waals surface area contributed by atoms with Crippen LogP contribution in [-0.4, -0.2) is 65.1 Å². The number of nitrogens with zero attached hydrogens (tertiary/aromatic N) is 2. The number of benzene rings is 3. The monoisotopic (exact) mass is 705 g/mol. The van der Waals surface area contributed by atoms with E-state index in [0.717, 1.165) is 36.4 Å². The molecule has 0 heterocycles. The van der Waals surface area contributed by atoms with Gasteiger partial charge in [0.25, 0.3) is 10.0 Å². The molecule has 3 aromatic carbocycles. The lowest BCUT2D eigenvalue weighted by atomic mass is 9.95. The summed E-state index contributed by atoms with van der Waals surface area (Å²) in [6, 6.07) is 14.8. The lowest BCUT2D eigenvalue weighted by molar-refractivity contribution is -0.140. The molecule has 1 N–H and O–H groups in total. The first-order chi connectivity index (χ1) is 22.5. The van der Waals surface area contributed by atoms with E-state index in [1.807, 2.05) is 6.92 Å². The molecule has 3 aromatic rings. The third-order valence-corrected chi connectivity index (χ3v) is 10.6. The van der Waals surface area contributed by atoms with Gasteiger partial charge < -0.3 is 24.4 Å². The standard InChI is InChI=1S/C34H41Cl2N3O7S/c1-5-28(34(41)37-25-12-7-6-8-13-25)38(21-23-11-9-10-14-27(23)36)33(40)22-39(29-19-24(35)15-17-30(29)44-2)47(42,43)26-16-18-31(45-3)32(20-26)46-4/h9-11,14-20,25,28H,5-8,12-13,21-22H2,1-4H3,(H,37,41)/t28-/m0/s1. The van der Waals surface area contributed by atoms with E-state index in [-0.39, 0.29) is 52.0 Å². The number of ether oxygens (including phenoxy) is 3. The highest BCUT2D eigenvalue weighted by molar-refractivity contribution is 7.92. The van der Waals surface area contributed by atoms with E-state index in [1.165, 1.54) is 56.6 Å². The summed E-state index contributed by atoms with van der Waals surface area (Å²) in [5, 5.41) is 3.78. The summed E-state index contributed by atoms with van der Waals surface area (Å²) in [7, 11) is -0.235. The van der Waals surface area contributed by atoms with Crippen molar-refractivity contribution < 1.29 is 32.2 Å². The first-order valence-electron chi connectivity index (χ1n) is 15.5. The molecule has 1 aliphatic carbocycles. The maximum atomic E-state index is 14.5. The van der Waals surface area contributed by atoms with Crippen LogP contribution in [0, 0.1) is 0 Å². The van der Waals surface area contributed by atoms with Gasteiger partial charge in [0.15, 0.2) is 11.5 Å². The van der Waals surface area contributed by atoms with Crippen LogP contribution in [0.4, 0.5) is 5.69 Å². The van der Waals surface area contributed by atoms with Crippen LogP contribution in [0.3, 0.4) is 0 Å². The minimum atomic E-state index is -4.46. The largest absolute Gasteiger partial charge is 0.495 e. The van der Waals surface area contributed by atoms with Crippen molar-refractivity contribution in [3.63, 3.8) is 0 Å². The summed E-state index contributed by atoms with van der Waals surface area (Å²) in [6.07, 6.45) is 5.19. The minimum absolute atomic E-state index is 0.0141. The van der Waals surface area contributed by atoms with Crippen molar-refractivity contribution in [3.8, 4) is 17.2 Å². The van der Waals surface area contributed by atoms with Crippen LogP contribution < -0.4 is 23.8 Å². The molecule has 254 valence electrons. The third kappa shape index (κ3) is 8.63. The fourth-order valence-electron chi connectivity index (χ4n) is 5.75. The Bertz CT molecular complexity index is 1670. The molecule has 10 nitrogen and oxygen atoms in total. The Morgan fingerprint density at radius 3 is 2.19 bits per heavy atom. The van der Waals surface area contributed by atoms with Crippen molar-refractivity contribution in [1.82, 2.24) is 10.2 Å². The zero-order valence-corrected chi connectivity index (χ0v) is 29.3. The molecule has 4 rings (SSSR count). The zero-order valence-electron chi connectivity index (χ0n) is 27.0. The number of amides is 2. The molecule has 0 saturated heterocycles. The number of carbonyl (C=O) groups is 2. The van der Waals surface area contributed by atoms with Crippen LogP contribution in [0.25, 0.3) is 0 Å². The van der Waals surface area contributed by atoms with Gasteiger partial charge in [-0.05, 0) is 61.2 Å².